The predicted octanol–water partition coefficient (Wildman–Crippen LogP) is 3.14. The molecule has 0 nitrogen and oxygen atoms in total. The van der Waals surface area contributed by atoms with Gasteiger partial charge in [0.1, 0.15) is 0 Å². The van der Waals surface area contributed by atoms with Gasteiger partial charge in [-0.2, -0.15) is 0 Å². The zero-order valence-electron chi connectivity index (χ0n) is 6.27. The maximum Gasteiger partial charge on any atom is -0.0322 e. The molecule has 0 aromatic heterocycles. The predicted molar refractivity (Wildman–Crippen MR) is 41.4 cm³/mol. The lowest BCUT2D eigenvalue weighted by molar-refractivity contribution is 0.471. The average molecular weight is 124 g/mol. The SMILES string of the molecule is CCC1CC=CCCC1. The summed E-state index contributed by atoms with van der Waals surface area (Å²) in [5, 5.41) is 0. The molecule has 52 valence electrons. The van der Waals surface area contributed by atoms with Crippen LogP contribution in [-0.4, -0.2) is 0 Å². The molecule has 1 atom stereocenters. The molecule has 0 fully saturated rings. The van der Waals surface area contributed by atoms with E-state index in [0.717, 1.165) is 5.92 Å². The number of hydrogen-bond donors (Lipinski definition) is 0. The van der Waals surface area contributed by atoms with Crippen molar-refractivity contribution in [2.45, 2.75) is 39.0 Å². The molecule has 0 radical (unpaired) electrons. The Morgan fingerprint density at radius 3 is 3.11 bits per heavy atom. The van der Waals surface area contributed by atoms with Gasteiger partial charge in [0, 0.05) is 0 Å². The van der Waals surface area contributed by atoms with Gasteiger partial charge in [0.25, 0.3) is 0 Å². The Morgan fingerprint density at radius 2 is 2.33 bits per heavy atom. The molecule has 0 saturated heterocycles. The molecule has 1 aliphatic rings. The minimum absolute atomic E-state index is 0.990. The van der Waals surface area contributed by atoms with Crippen LogP contribution in [0.3, 0.4) is 0 Å². The lowest BCUT2D eigenvalue weighted by atomic mass is 9.98. The highest BCUT2D eigenvalue weighted by Gasteiger charge is 2.04. The first-order chi connectivity index (χ1) is 4.43. The van der Waals surface area contributed by atoms with Crippen LogP contribution in [0.15, 0.2) is 12.2 Å². The Labute approximate surface area is 58.0 Å². The molecule has 0 aliphatic heterocycles. The normalized spacial score (nSPS) is 27.9. The third-order valence-corrected chi connectivity index (χ3v) is 2.20. The van der Waals surface area contributed by atoms with E-state index in [4.69, 9.17) is 0 Å². The smallest absolute Gasteiger partial charge is 0.0322 e. The van der Waals surface area contributed by atoms with Gasteiger partial charge in [-0.05, 0) is 31.6 Å². The Morgan fingerprint density at radius 1 is 1.44 bits per heavy atom. The highest BCUT2D eigenvalue weighted by atomic mass is 14.1. The van der Waals surface area contributed by atoms with Crippen LogP contribution in [0.4, 0.5) is 0 Å². The van der Waals surface area contributed by atoms with E-state index in [1.165, 1.54) is 32.1 Å². The van der Waals surface area contributed by atoms with Gasteiger partial charge >= 0.3 is 0 Å². The minimum Gasteiger partial charge on any atom is -0.0885 e. The summed E-state index contributed by atoms with van der Waals surface area (Å²) in [7, 11) is 0. The summed E-state index contributed by atoms with van der Waals surface area (Å²) >= 11 is 0. The molecule has 9 heavy (non-hydrogen) atoms. The fourth-order valence-electron chi connectivity index (χ4n) is 1.42. The van der Waals surface area contributed by atoms with Crippen molar-refractivity contribution in [3.63, 3.8) is 0 Å². The molecular weight excluding hydrogens is 108 g/mol. The molecule has 0 heterocycles. The molecular formula is C9H16. The maximum absolute atomic E-state index is 2.35. The van der Waals surface area contributed by atoms with Crippen molar-refractivity contribution in [2.75, 3.05) is 0 Å². The molecule has 1 unspecified atom stereocenters. The van der Waals surface area contributed by atoms with Crippen LogP contribution < -0.4 is 0 Å². The van der Waals surface area contributed by atoms with Crippen molar-refractivity contribution in [1.82, 2.24) is 0 Å². The lowest BCUT2D eigenvalue weighted by Crippen LogP contribution is -1.94. The monoisotopic (exact) mass is 124 g/mol. The second-order valence-corrected chi connectivity index (χ2v) is 2.91. The largest absolute Gasteiger partial charge is 0.0885 e. The third kappa shape index (κ3) is 2.21. The third-order valence-electron chi connectivity index (χ3n) is 2.20. The fraction of sp³-hybridized carbons (Fsp3) is 0.778. The Hall–Kier alpha value is -0.260. The van der Waals surface area contributed by atoms with E-state index < -0.39 is 0 Å². The number of rotatable bonds is 1. The highest BCUT2D eigenvalue weighted by Crippen LogP contribution is 2.20. The molecule has 0 aromatic rings. The zero-order valence-corrected chi connectivity index (χ0v) is 6.27. The first-order valence-corrected chi connectivity index (χ1v) is 4.08. The van der Waals surface area contributed by atoms with Crippen molar-refractivity contribution in [2.24, 2.45) is 5.92 Å². The second-order valence-electron chi connectivity index (χ2n) is 2.91. The van der Waals surface area contributed by atoms with E-state index in [-0.39, 0.29) is 0 Å². The van der Waals surface area contributed by atoms with Crippen LogP contribution >= 0.6 is 0 Å². The molecule has 0 heteroatoms. The van der Waals surface area contributed by atoms with E-state index >= 15 is 0 Å². The minimum atomic E-state index is 0.990. The quantitative estimate of drug-likeness (QED) is 0.471. The van der Waals surface area contributed by atoms with Gasteiger partial charge in [0.15, 0.2) is 0 Å². The molecule has 0 bridgehead atoms. The number of hydrogen-bond acceptors (Lipinski definition) is 0. The lowest BCUT2D eigenvalue weighted by Gasteiger charge is -2.07. The van der Waals surface area contributed by atoms with Crippen molar-refractivity contribution < 1.29 is 0 Å². The van der Waals surface area contributed by atoms with Crippen molar-refractivity contribution in [3.05, 3.63) is 12.2 Å². The van der Waals surface area contributed by atoms with Crippen LogP contribution in [0.5, 0.6) is 0 Å². The van der Waals surface area contributed by atoms with E-state index in [1.807, 2.05) is 0 Å². The van der Waals surface area contributed by atoms with E-state index in [2.05, 4.69) is 19.1 Å². The van der Waals surface area contributed by atoms with Gasteiger partial charge in [-0.25, -0.2) is 0 Å². The first-order valence-electron chi connectivity index (χ1n) is 4.08. The van der Waals surface area contributed by atoms with Crippen molar-refractivity contribution >= 4 is 0 Å². The van der Waals surface area contributed by atoms with Crippen LogP contribution in [0.25, 0.3) is 0 Å². The zero-order chi connectivity index (χ0) is 6.53. The molecule has 0 N–H and O–H groups in total. The second kappa shape index (κ2) is 3.71. The molecule has 0 amide bonds. The topological polar surface area (TPSA) is 0 Å². The van der Waals surface area contributed by atoms with Crippen molar-refractivity contribution in [3.8, 4) is 0 Å². The van der Waals surface area contributed by atoms with Crippen molar-refractivity contribution in [1.29, 1.82) is 0 Å². The van der Waals surface area contributed by atoms with E-state index in [9.17, 15) is 0 Å². The summed E-state index contributed by atoms with van der Waals surface area (Å²) in [6, 6.07) is 0. The van der Waals surface area contributed by atoms with Crippen LogP contribution in [0.1, 0.15) is 39.0 Å². The molecule has 0 aromatic carbocycles. The van der Waals surface area contributed by atoms with Gasteiger partial charge in [-0.1, -0.05) is 25.5 Å². The average Bonchev–Trinajstić information content (AvgIpc) is 2.13. The molecule has 0 spiro atoms. The summed E-state index contributed by atoms with van der Waals surface area (Å²) in [6.07, 6.45) is 11.5. The van der Waals surface area contributed by atoms with Gasteiger partial charge in [0.05, 0.1) is 0 Å². The Kier molecular flexibility index (Phi) is 2.82. The highest BCUT2D eigenvalue weighted by molar-refractivity contribution is 4.87. The molecule has 1 rings (SSSR count). The Balaban J connectivity index is 2.29. The summed E-state index contributed by atoms with van der Waals surface area (Å²) in [5.74, 6) is 0.990. The standard InChI is InChI=1S/C9H16/c1-2-9-7-5-3-4-6-8-9/h3,5,9H,2,4,6-8H2,1H3. The van der Waals surface area contributed by atoms with Crippen LogP contribution in [-0.2, 0) is 0 Å². The first kappa shape index (κ1) is 6.85. The van der Waals surface area contributed by atoms with E-state index in [1.54, 1.807) is 0 Å². The summed E-state index contributed by atoms with van der Waals surface area (Å²) in [6.45, 7) is 2.30. The van der Waals surface area contributed by atoms with E-state index in [0.29, 0.717) is 0 Å². The summed E-state index contributed by atoms with van der Waals surface area (Å²) in [5.41, 5.74) is 0. The van der Waals surface area contributed by atoms with Gasteiger partial charge in [0.2, 0.25) is 0 Å². The molecule has 0 saturated carbocycles. The van der Waals surface area contributed by atoms with Crippen LogP contribution in [0, 0.1) is 5.92 Å². The van der Waals surface area contributed by atoms with Gasteiger partial charge < -0.3 is 0 Å². The summed E-state index contributed by atoms with van der Waals surface area (Å²) in [4.78, 5) is 0. The maximum atomic E-state index is 2.35. The fourth-order valence-corrected chi connectivity index (χ4v) is 1.42. The van der Waals surface area contributed by atoms with Gasteiger partial charge in [-0.15, -0.1) is 0 Å². The number of allylic oxidation sites excluding steroid dienone is 2. The van der Waals surface area contributed by atoms with Gasteiger partial charge in [-0.3, -0.25) is 0 Å². The Bertz CT molecular complexity index is 92.2. The van der Waals surface area contributed by atoms with Crippen LogP contribution in [0.2, 0.25) is 0 Å². The summed E-state index contributed by atoms with van der Waals surface area (Å²) < 4.78 is 0. The molecule has 1 aliphatic carbocycles.